The summed E-state index contributed by atoms with van der Waals surface area (Å²) < 4.78 is 33.3. The molecule has 1 aliphatic heterocycles. The van der Waals surface area contributed by atoms with Crippen molar-refractivity contribution in [2.24, 2.45) is 5.92 Å². The molecule has 1 heterocycles. The lowest BCUT2D eigenvalue weighted by atomic mass is 9.88. The minimum atomic E-state index is -0.570. The van der Waals surface area contributed by atoms with Crippen LogP contribution in [-0.4, -0.2) is 11.0 Å². The van der Waals surface area contributed by atoms with Gasteiger partial charge >= 0.3 is 0 Å². The van der Waals surface area contributed by atoms with E-state index >= 15 is 0 Å². The van der Waals surface area contributed by atoms with Crippen molar-refractivity contribution < 1.29 is 13.5 Å². The van der Waals surface area contributed by atoms with Crippen LogP contribution in [0.4, 0.5) is 8.78 Å². The van der Waals surface area contributed by atoms with Gasteiger partial charge in [0, 0.05) is 16.1 Å². The van der Waals surface area contributed by atoms with E-state index in [4.69, 9.17) is 4.74 Å². The molecule has 1 saturated heterocycles. The smallest absolute Gasteiger partial charge is 0.132 e. The summed E-state index contributed by atoms with van der Waals surface area (Å²) in [7, 11) is 0. The average molecular weight is 352 g/mol. The van der Waals surface area contributed by atoms with Crippen LogP contribution in [0, 0.1) is 17.6 Å². The van der Waals surface area contributed by atoms with Crippen LogP contribution in [0.1, 0.15) is 25.3 Å². The molecule has 0 aliphatic carbocycles. The first-order valence-corrected chi connectivity index (χ1v) is 7.29. The first-order valence-electron chi connectivity index (χ1n) is 5.77. The lowest BCUT2D eigenvalue weighted by Crippen LogP contribution is -2.28. The normalized spacial score (nSPS) is 28.6. The van der Waals surface area contributed by atoms with Crippen LogP contribution in [0.15, 0.2) is 18.2 Å². The summed E-state index contributed by atoms with van der Waals surface area (Å²) in [4.78, 5) is 0. The average Bonchev–Trinajstić information content (AvgIpc) is 2.74. The molecule has 0 saturated carbocycles. The zero-order valence-electron chi connectivity index (χ0n) is 9.68. The monoisotopic (exact) mass is 352 g/mol. The molecule has 4 heteroatoms. The number of rotatable bonds is 3. The van der Waals surface area contributed by atoms with Crippen molar-refractivity contribution in [1.82, 2.24) is 0 Å². The van der Waals surface area contributed by atoms with Crippen LogP contribution in [0.2, 0.25) is 0 Å². The maximum atomic E-state index is 13.8. The molecule has 0 radical (unpaired) electrons. The van der Waals surface area contributed by atoms with Gasteiger partial charge in [0.05, 0.1) is 6.61 Å². The Morgan fingerprint density at radius 3 is 2.76 bits per heavy atom. The highest BCUT2D eigenvalue weighted by atomic mass is 127. The molecule has 1 nitrogen and oxygen atoms in total. The van der Waals surface area contributed by atoms with E-state index in [2.05, 4.69) is 29.5 Å². The summed E-state index contributed by atoms with van der Waals surface area (Å²) >= 11 is 2.21. The van der Waals surface area contributed by atoms with E-state index in [9.17, 15) is 8.78 Å². The number of hydrogen-bond donors (Lipinski definition) is 0. The molecule has 0 unspecified atom stereocenters. The Hall–Kier alpha value is -0.230. The van der Waals surface area contributed by atoms with Crippen molar-refractivity contribution in [3.05, 3.63) is 35.4 Å². The quantitative estimate of drug-likeness (QED) is 0.589. The van der Waals surface area contributed by atoms with Crippen molar-refractivity contribution >= 4 is 22.6 Å². The van der Waals surface area contributed by atoms with Gasteiger partial charge in [0.25, 0.3) is 0 Å². The Morgan fingerprint density at radius 1 is 1.47 bits per heavy atom. The molecule has 0 spiro atoms. The molecule has 0 amide bonds. The lowest BCUT2D eigenvalue weighted by Gasteiger charge is -2.27. The highest BCUT2D eigenvalue weighted by Gasteiger charge is 2.42. The van der Waals surface area contributed by atoms with E-state index in [1.54, 1.807) is 0 Å². The van der Waals surface area contributed by atoms with Gasteiger partial charge in [0.15, 0.2) is 0 Å². The Bertz CT molecular complexity index is 410. The molecule has 2 rings (SSSR count). The van der Waals surface area contributed by atoms with Gasteiger partial charge in [-0.1, -0.05) is 42.0 Å². The van der Waals surface area contributed by atoms with Crippen molar-refractivity contribution in [3.8, 4) is 0 Å². The Morgan fingerprint density at radius 2 is 2.24 bits per heavy atom. The maximum Gasteiger partial charge on any atom is 0.132 e. The summed E-state index contributed by atoms with van der Waals surface area (Å²) in [6.45, 7) is 2.77. The minimum Gasteiger partial charge on any atom is -0.369 e. The van der Waals surface area contributed by atoms with E-state index in [0.29, 0.717) is 22.5 Å². The van der Waals surface area contributed by atoms with E-state index in [1.165, 1.54) is 12.1 Å². The second-order valence-corrected chi connectivity index (χ2v) is 5.30. The first kappa shape index (κ1) is 13.2. The first-order chi connectivity index (χ1) is 8.11. The van der Waals surface area contributed by atoms with E-state index < -0.39 is 17.2 Å². The second kappa shape index (κ2) is 5.18. The molecular weight excluding hydrogens is 337 g/mol. The van der Waals surface area contributed by atoms with E-state index in [-0.39, 0.29) is 0 Å². The van der Waals surface area contributed by atoms with Crippen LogP contribution in [0.25, 0.3) is 0 Å². The zero-order valence-corrected chi connectivity index (χ0v) is 11.8. The number of alkyl halides is 1. The molecular formula is C13H15F2IO. The molecule has 17 heavy (non-hydrogen) atoms. The van der Waals surface area contributed by atoms with Gasteiger partial charge in [-0.2, -0.15) is 0 Å². The lowest BCUT2D eigenvalue weighted by molar-refractivity contribution is 0.0194. The fourth-order valence-corrected chi connectivity index (χ4v) is 3.28. The van der Waals surface area contributed by atoms with Gasteiger partial charge in [-0.05, 0) is 18.4 Å². The van der Waals surface area contributed by atoms with Gasteiger partial charge < -0.3 is 4.74 Å². The van der Waals surface area contributed by atoms with Crippen LogP contribution < -0.4 is 0 Å². The highest BCUT2D eigenvalue weighted by molar-refractivity contribution is 14.1. The molecule has 2 atom stereocenters. The van der Waals surface area contributed by atoms with Gasteiger partial charge in [-0.25, -0.2) is 8.78 Å². The third-order valence-corrected chi connectivity index (χ3v) is 4.66. The largest absolute Gasteiger partial charge is 0.369 e. The topological polar surface area (TPSA) is 9.23 Å². The number of halogens is 3. The summed E-state index contributed by atoms with van der Waals surface area (Å²) in [5.74, 6) is -0.576. The Labute approximate surface area is 114 Å². The van der Waals surface area contributed by atoms with Crippen LogP contribution >= 0.6 is 22.6 Å². The van der Waals surface area contributed by atoms with Crippen molar-refractivity contribution in [2.45, 2.75) is 25.4 Å². The summed E-state index contributed by atoms with van der Waals surface area (Å²) in [5, 5.41) is 0. The maximum absolute atomic E-state index is 13.8. The SMILES string of the molecule is CC[C@@H]1CO[C@@](CI)(c2ccc(F)cc2F)C1. The van der Waals surface area contributed by atoms with E-state index in [1.807, 2.05) is 0 Å². The van der Waals surface area contributed by atoms with Gasteiger partial charge in [-0.15, -0.1) is 0 Å². The number of benzene rings is 1. The van der Waals surface area contributed by atoms with E-state index in [0.717, 1.165) is 18.9 Å². The molecule has 0 bridgehead atoms. The molecule has 0 aromatic heterocycles. The summed E-state index contributed by atoms with van der Waals surface area (Å²) in [6, 6.07) is 3.75. The van der Waals surface area contributed by atoms with Gasteiger partial charge in [0.2, 0.25) is 0 Å². The number of hydrogen-bond acceptors (Lipinski definition) is 1. The minimum absolute atomic E-state index is 0.467. The van der Waals surface area contributed by atoms with Crippen molar-refractivity contribution in [3.63, 3.8) is 0 Å². The van der Waals surface area contributed by atoms with Crippen LogP contribution in [0.3, 0.4) is 0 Å². The predicted octanol–water partition coefficient (Wildman–Crippen LogP) is 4.04. The molecule has 94 valence electrons. The fraction of sp³-hybridized carbons (Fsp3) is 0.538. The molecule has 0 N–H and O–H groups in total. The second-order valence-electron chi connectivity index (χ2n) is 4.54. The fourth-order valence-electron chi connectivity index (χ4n) is 2.34. The third-order valence-electron chi connectivity index (χ3n) is 3.43. The molecule has 1 aromatic carbocycles. The van der Waals surface area contributed by atoms with Gasteiger partial charge in [0.1, 0.15) is 17.2 Å². The van der Waals surface area contributed by atoms with Gasteiger partial charge in [-0.3, -0.25) is 0 Å². The molecule has 1 aliphatic rings. The van der Waals surface area contributed by atoms with Crippen LogP contribution in [0.5, 0.6) is 0 Å². The zero-order chi connectivity index (χ0) is 12.5. The predicted molar refractivity (Wildman–Crippen MR) is 71.3 cm³/mol. The van der Waals surface area contributed by atoms with Crippen LogP contribution in [-0.2, 0) is 10.3 Å². The Kier molecular flexibility index (Phi) is 4.02. The third kappa shape index (κ3) is 2.47. The standard InChI is InChI=1S/C13H15F2IO/c1-2-9-6-13(8-16,17-7-9)11-4-3-10(14)5-12(11)15/h3-5,9H,2,6-8H2,1H3/t9-,13-/m0/s1. The van der Waals surface area contributed by atoms with Crippen molar-refractivity contribution in [1.29, 1.82) is 0 Å². The Balaban J connectivity index is 2.35. The molecule has 1 aromatic rings. The van der Waals surface area contributed by atoms with Crippen molar-refractivity contribution in [2.75, 3.05) is 11.0 Å². The summed E-state index contributed by atoms with van der Waals surface area (Å²) in [5.41, 5.74) is -0.0804. The summed E-state index contributed by atoms with van der Waals surface area (Å²) in [6.07, 6.45) is 1.84. The highest BCUT2D eigenvalue weighted by Crippen LogP contribution is 2.42. The molecule has 1 fully saturated rings. The number of ether oxygens (including phenoxy) is 1.